The first-order chi connectivity index (χ1) is 7.51. The first-order valence-electron chi connectivity index (χ1n) is 4.95. The molecule has 0 heterocycles. The van der Waals surface area contributed by atoms with Crippen LogP contribution in [0.25, 0.3) is 0 Å². The molecule has 0 aliphatic carbocycles. The lowest BCUT2D eigenvalue weighted by Gasteiger charge is -2.19. The van der Waals surface area contributed by atoms with E-state index in [4.69, 9.17) is 0 Å². The van der Waals surface area contributed by atoms with Gasteiger partial charge in [0.25, 0.3) is 5.91 Å². The molecule has 0 bridgehead atoms. The average molecular weight is 231 g/mol. The smallest absolute Gasteiger partial charge is 0.259 e. The van der Waals surface area contributed by atoms with E-state index in [0.717, 1.165) is 0 Å². The van der Waals surface area contributed by atoms with E-state index < -0.39 is 28.9 Å². The lowest BCUT2D eigenvalue weighted by molar-refractivity contribution is 0.0763. The van der Waals surface area contributed by atoms with E-state index in [0.29, 0.717) is 25.2 Å². The van der Waals surface area contributed by atoms with Crippen LogP contribution in [-0.4, -0.2) is 23.9 Å². The molecule has 0 aliphatic heterocycles. The maximum Gasteiger partial charge on any atom is 0.259 e. The van der Waals surface area contributed by atoms with Crippen LogP contribution in [0.4, 0.5) is 13.2 Å². The van der Waals surface area contributed by atoms with E-state index in [9.17, 15) is 18.0 Å². The van der Waals surface area contributed by atoms with Crippen molar-refractivity contribution in [1.29, 1.82) is 0 Å². The second kappa shape index (κ2) is 5.01. The molecule has 5 heteroatoms. The zero-order chi connectivity index (χ0) is 12.3. The molecular weight excluding hydrogens is 219 g/mol. The summed E-state index contributed by atoms with van der Waals surface area (Å²) in [5.74, 6) is -4.14. The van der Waals surface area contributed by atoms with Crippen LogP contribution < -0.4 is 0 Å². The Hall–Kier alpha value is -1.52. The fourth-order valence-electron chi connectivity index (χ4n) is 1.42. The van der Waals surface area contributed by atoms with Gasteiger partial charge in [-0.2, -0.15) is 0 Å². The summed E-state index contributed by atoms with van der Waals surface area (Å²) in [7, 11) is 0. The number of carbonyl (C=O) groups excluding carboxylic acids is 1. The normalized spacial score (nSPS) is 10.3. The van der Waals surface area contributed by atoms with E-state index >= 15 is 0 Å². The highest BCUT2D eigenvalue weighted by Gasteiger charge is 2.22. The molecule has 1 rings (SSSR count). The third-order valence-corrected chi connectivity index (χ3v) is 2.27. The summed E-state index contributed by atoms with van der Waals surface area (Å²) in [4.78, 5) is 12.9. The number of nitrogens with zero attached hydrogens (tertiary/aromatic N) is 1. The molecule has 1 aromatic carbocycles. The Kier molecular flexibility index (Phi) is 3.93. The van der Waals surface area contributed by atoms with Gasteiger partial charge in [0.2, 0.25) is 0 Å². The number of amides is 1. The molecule has 1 aromatic rings. The van der Waals surface area contributed by atoms with Crippen LogP contribution in [0.15, 0.2) is 12.1 Å². The predicted molar refractivity (Wildman–Crippen MR) is 53.6 cm³/mol. The minimum absolute atomic E-state index is 0.339. The number of carbonyl (C=O) groups is 1. The quantitative estimate of drug-likeness (QED) is 0.783. The molecule has 0 unspecified atom stereocenters. The summed E-state index contributed by atoms with van der Waals surface area (Å²) in [5.41, 5.74) is -0.704. The van der Waals surface area contributed by atoms with Gasteiger partial charge in [-0.15, -0.1) is 0 Å². The molecule has 0 saturated heterocycles. The van der Waals surface area contributed by atoms with E-state index in [1.54, 1.807) is 13.8 Å². The maximum absolute atomic E-state index is 13.3. The zero-order valence-corrected chi connectivity index (χ0v) is 9.06. The molecule has 0 atom stereocenters. The lowest BCUT2D eigenvalue weighted by atomic mass is 10.1. The standard InChI is InChI=1S/C11H12F3NO/c1-3-15(4-2)11(16)10-8(13)5-7(12)6-9(10)14/h5-6H,3-4H2,1-2H3. The van der Waals surface area contributed by atoms with Crippen LogP contribution in [0.2, 0.25) is 0 Å². The Morgan fingerprint density at radius 2 is 1.56 bits per heavy atom. The largest absolute Gasteiger partial charge is 0.339 e. The molecule has 16 heavy (non-hydrogen) atoms. The summed E-state index contributed by atoms with van der Waals surface area (Å²) in [6.45, 7) is 4.07. The maximum atomic E-state index is 13.3. The third kappa shape index (κ3) is 2.35. The van der Waals surface area contributed by atoms with Crippen molar-refractivity contribution >= 4 is 5.91 Å². The molecule has 0 aliphatic rings. The van der Waals surface area contributed by atoms with E-state index in [2.05, 4.69) is 0 Å². The molecule has 0 saturated carbocycles. The van der Waals surface area contributed by atoms with Gasteiger partial charge in [0.15, 0.2) is 0 Å². The summed E-state index contributed by atoms with van der Waals surface area (Å²) in [5, 5.41) is 0. The Labute approximate surface area is 91.7 Å². The van der Waals surface area contributed by atoms with Crippen molar-refractivity contribution in [1.82, 2.24) is 4.90 Å². The zero-order valence-electron chi connectivity index (χ0n) is 9.06. The Morgan fingerprint density at radius 1 is 1.12 bits per heavy atom. The number of halogens is 3. The highest BCUT2D eigenvalue weighted by molar-refractivity contribution is 5.94. The van der Waals surface area contributed by atoms with Crippen LogP contribution >= 0.6 is 0 Å². The van der Waals surface area contributed by atoms with Gasteiger partial charge in [0.05, 0.1) is 0 Å². The third-order valence-electron chi connectivity index (χ3n) is 2.27. The highest BCUT2D eigenvalue weighted by Crippen LogP contribution is 2.16. The van der Waals surface area contributed by atoms with Crippen LogP contribution in [0, 0.1) is 17.5 Å². The summed E-state index contributed by atoms with van der Waals surface area (Å²) >= 11 is 0. The monoisotopic (exact) mass is 231 g/mol. The fourth-order valence-corrected chi connectivity index (χ4v) is 1.42. The van der Waals surface area contributed by atoms with Gasteiger partial charge >= 0.3 is 0 Å². The molecule has 2 nitrogen and oxygen atoms in total. The van der Waals surface area contributed by atoms with Crippen molar-refractivity contribution in [2.75, 3.05) is 13.1 Å². The van der Waals surface area contributed by atoms with Crippen LogP contribution in [-0.2, 0) is 0 Å². The van der Waals surface area contributed by atoms with Crippen molar-refractivity contribution in [2.45, 2.75) is 13.8 Å². The molecule has 1 amide bonds. The predicted octanol–water partition coefficient (Wildman–Crippen LogP) is 2.59. The number of hydrogen-bond donors (Lipinski definition) is 0. The summed E-state index contributed by atoms with van der Waals surface area (Å²) < 4.78 is 39.2. The molecule has 0 N–H and O–H groups in total. The van der Waals surface area contributed by atoms with E-state index in [1.165, 1.54) is 4.90 Å². The number of benzene rings is 1. The van der Waals surface area contributed by atoms with Crippen LogP contribution in [0.3, 0.4) is 0 Å². The SMILES string of the molecule is CCN(CC)C(=O)c1c(F)cc(F)cc1F. The van der Waals surface area contributed by atoms with Crippen LogP contribution in [0.1, 0.15) is 24.2 Å². The number of rotatable bonds is 3. The Balaban J connectivity index is 3.18. The molecule has 0 fully saturated rings. The van der Waals surface area contributed by atoms with Gasteiger partial charge in [-0.1, -0.05) is 0 Å². The number of hydrogen-bond acceptors (Lipinski definition) is 1. The van der Waals surface area contributed by atoms with Crippen molar-refractivity contribution in [2.24, 2.45) is 0 Å². The van der Waals surface area contributed by atoms with Gasteiger partial charge < -0.3 is 4.90 Å². The molecule has 0 radical (unpaired) electrons. The van der Waals surface area contributed by atoms with Gasteiger partial charge in [0.1, 0.15) is 23.0 Å². The molecule has 0 aromatic heterocycles. The first kappa shape index (κ1) is 12.5. The topological polar surface area (TPSA) is 20.3 Å². The van der Waals surface area contributed by atoms with Gasteiger partial charge in [-0.3, -0.25) is 4.79 Å². The summed E-state index contributed by atoms with van der Waals surface area (Å²) in [6.07, 6.45) is 0. The Bertz CT molecular complexity index is 379. The first-order valence-corrected chi connectivity index (χ1v) is 4.95. The highest BCUT2D eigenvalue weighted by atomic mass is 19.1. The second-order valence-electron chi connectivity index (χ2n) is 3.22. The average Bonchev–Trinajstić information content (AvgIpc) is 2.17. The van der Waals surface area contributed by atoms with Crippen molar-refractivity contribution in [3.63, 3.8) is 0 Å². The minimum atomic E-state index is -1.17. The van der Waals surface area contributed by atoms with Crippen molar-refractivity contribution in [3.05, 3.63) is 35.1 Å². The fraction of sp³-hybridized carbons (Fsp3) is 0.364. The molecular formula is C11H12F3NO. The second-order valence-corrected chi connectivity index (χ2v) is 3.22. The van der Waals surface area contributed by atoms with E-state index in [-0.39, 0.29) is 0 Å². The van der Waals surface area contributed by atoms with Crippen molar-refractivity contribution < 1.29 is 18.0 Å². The van der Waals surface area contributed by atoms with Crippen LogP contribution in [0.5, 0.6) is 0 Å². The van der Waals surface area contributed by atoms with Crippen molar-refractivity contribution in [3.8, 4) is 0 Å². The molecule has 0 spiro atoms. The molecule has 88 valence electrons. The minimum Gasteiger partial charge on any atom is -0.339 e. The van der Waals surface area contributed by atoms with Gasteiger partial charge in [-0.25, -0.2) is 13.2 Å². The van der Waals surface area contributed by atoms with Gasteiger partial charge in [0, 0.05) is 25.2 Å². The Morgan fingerprint density at radius 3 is 1.94 bits per heavy atom. The van der Waals surface area contributed by atoms with E-state index in [1.807, 2.05) is 0 Å². The lowest BCUT2D eigenvalue weighted by Crippen LogP contribution is -2.32. The summed E-state index contributed by atoms with van der Waals surface area (Å²) in [6, 6.07) is 1.000. The van der Waals surface area contributed by atoms with Gasteiger partial charge in [-0.05, 0) is 13.8 Å².